The first-order valence-corrected chi connectivity index (χ1v) is 5.68. The molecule has 5 nitrogen and oxygen atoms in total. The molecule has 2 rings (SSSR count). The van der Waals surface area contributed by atoms with Crippen LogP contribution in [0.2, 0.25) is 0 Å². The molecule has 0 aromatic heterocycles. The number of rotatable bonds is 3. The molecule has 0 atom stereocenters. The van der Waals surface area contributed by atoms with E-state index in [2.05, 4.69) is 21.2 Å². The largest absolute Gasteiger partial charge is 0.319 e. The molecule has 6 heteroatoms. The molecule has 0 radical (unpaired) electrons. The second-order valence-electron chi connectivity index (χ2n) is 3.37. The van der Waals surface area contributed by atoms with Gasteiger partial charge in [-0.2, -0.15) is 0 Å². The molecular formula is C11H11BrN4O. The molecule has 1 aliphatic rings. The molecule has 0 unspecified atom stereocenters. The van der Waals surface area contributed by atoms with Gasteiger partial charge >= 0.3 is 0 Å². The van der Waals surface area contributed by atoms with Crippen molar-refractivity contribution in [1.82, 2.24) is 10.3 Å². The highest BCUT2D eigenvalue weighted by molar-refractivity contribution is 9.10. The van der Waals surface area contributed by atoms with Crippen LogP contribution in [0.3, 0.4) is 0 Å². The zero-order valence-corrected chi connectivity index (χ0v) is 10.5. The maximum Gasteiger partial charge on any atom is 0.212 e. The Morgan fingerprint density at radius 2 is 1.94 bits per heavy atom. The summed E-state index contributed by atoms with van der Waals surface area (Å²) < 4.78 is 1.01. The van der Waals surface area contributed by atoms with E-state index in [0.29, 0.717) is 12.2 Å². The van der Waals surface area contributed by atoms with Crippen molar-refractivity contribution in [2.45, 2.75) is 0 Å². The summed E-state index contributed by atoms with van der Waals surface area (Å²) in [5.41, 5.74) is 0.975. The number of carbonyl (C=O) groups excluding carboxylic acids is 1. The summed E-state index contributed by atoms with van der Waals surface area (Å²) in [6.07, 6.45) is 5.79. The maximum absolute atomic E-state index is 10.4. The van der Waals surface area contributed by atoms with E-state index in [1.54, 1.807) is 18.6 Å². The molecular weight excluding hydrogens is 284 g/mol. The average molecular weight is 295 g/mol. The number of nitrogens with two attached hydrogens (primary N) is 1. The first kappa shape index (κ1) is 11.7. The van der Waals surface area contributed by atoms with Crippen molar-refractivity contribution in [1.29, 1.82) is 0 Å². The summed E-state index contributed by atoms with van der Waals surface area (Å²) in [5.74, 6) is 6.16. The Labute approximate surface area is 107 Å². The van der Waals surface area contributed by atoms with Crippen LogP contribution in [0.5, 0.6) is 0 Å². The quantitative estimate of drug-likeness (QED) is 0.654. The zero-order chi connectivity index (χ0) is 12.3. The molecule has 17 heavy (non-hydrogen) atoms. The van der Waals surface area contributed by atoms with E-state index in [1.807, 2.05) is 29.2 Å². The van der Waals surface area contributed by atoms with Crippen LogP contribution >= 0.6 is 15.9 Å². The highest BCUT2D eigenvalue weighted by Crippen LogP contribution is 2.21. The van der Waals surface area contributed by atoms with Gasteiger partial charge in [-0.25, -0.2) is 5.84 Å². The molecule has 88 valence electrons. The molecule has 0 bridgehead atoms. The van der Waals surface area contributed by atoms with Gasteiger partial charge < -0.3 is 10.2 Å². The van der Waals surface area contributed by atoms with Gasteiger partial charge in [0, 0.05) is 22.6 Å². The van der Waals surface area contributed by atoms with Crippen molar-refractivity contribution >= 4 is 28.0 Å². The first-order chi connectivity index (χ1) is 8.20. The molecule has 3 N–H and O–H groups in total. The van der Waals surface area contributed by atoms with Crippen LogP contribution in [-0.2, 0) is 4.79 Å². The Hall–Kier alpha value is -1.79. The van der Waals surface area contributed by atoms with Crippen molar-refractivity contribution in [2.24, 2.45) is 5.84 Å². The molecule has 1 amide bonds. The van der Waals surface area contributed by atoms with Gasteiger partial charge in [-0.05, 0) is 24.3 Å². The molecule has 1 aromatic rings. The van der Waals surface area contributed by atoms with Crippen LogP contribution < -0.4 is 16.1 Å². The Kier molecular flexibility index (Phi) is 3.46. The first-order valence-electron chi connectivity index (χ1n) is 4.89. The van der Waals surface area contributed by atoms with Crippen molar-refractivity contribution < 1.29 is 4.79 Å². The van der Waals surface area contributed by atoms with Crippen molar-refractivity contribution in [3.8, 4) is 0 Å². The van der Waals surface area contributed by atoms with Gasteiger partial charge in [0.2, 0.25) is 6.41 Å². The van der Waals surface area contributed by atoms with E-state index in [1.165, 1.54) is 5.01 Å². The van der Waals surface area contributed by atoms with Crippen LogP contribution in [0.1, 0.15) is 0 Å². The monoisotopic (exact) mass is 294 g/mol. The fourth-order valence-corrected chi connectivity index (χ4v) is 1.68. The van der Waals surface area contributed by atoms with Crippen molar-refractivity contribution in [3.63, 3.8) is 0 Å². The second kappa shape index (κ2) is 5.03. The second-order valence-corrected chi connectivity index (χ2v) is 4.28. The van der Waals surface area contributed by atoms with Gasteiger partial charge in [0.15, 0.2) is 0 Å². The minimum atomic E-state index is 0.505. The Morgan fingerprint density at radius 1 is 1.24 bits per heavy atom. The van der Waals surface area contributed by atoms with Crippen molar-refractivity contribution in [3.05, 3.63) is 53.2 Å². The number of hydrogen-bond acceptors (Lipinski definition) is 4. The number of carbonyl (C=O) groups is 1. The minimum Gasteiger partial charge on any atom is -0.319 e. The lowest BCUT2D eigenvalue weighted by Gasteiger charge is -2.26. The smallest absolute Gasteiger partial charge is 0.212 e. The Balaban J connectivity index is 2.24. The fourth-order valence-electron chi connectivity index (χ4n) is 1.41. The minimum absolute atomic E-state index is 0.505. The summed E-state index contributed by atoms with van der Waals surface area (Å²) >= 11 is 3.38. The molecule has 1 aromatic carbocycles. The fraction of sp³-hybridized carbons (Fsp3) is 0. The maximum atomic E-state index is 10.4. The predicted octanol–water partition coefficient (Wildman–Crippen LogP) is 1.46. The lowest BCUT2D eigenvalue weighted by atomic mass is 10.3. The summed E-state index contributed by atoms with van der Waals surface area (Å²) in [5, 5.41) is 3.86. The molecule has 0 saturated heterocycles. The zero-order valence-electron chi connectivity index (χ0n) is 8.88. The number of halogens is 1. The van der Waals surface area contributed by atoms with Gasteiger partial charge in [-0.3, -0.25) is 9.80 Å². The summed E-state index contributed by atoms with van der Waals surface area (Å²) in [6.45, 7) is 0. The summed E-state index contributed by atoms with van der Waals surface area (Å²) in [7, 11) is 0. The van der Waals surface area contributed by atoms with E-state index in [4.69, 9.17) is 5.84 Å². The number of hydrazine groups is 1. The molecule has 1 aliphatic heterocycles. The Bertz CT molecular complexity index is 469. The number of nitrogens with zero attached hydrogens (tertiary/aromatic N) is 2. The van der Waals surface area contributed by atoms with Crippen molar-refractivity contribution in [2.75, 3.05) is 4.90 Å². The number of nitrogens with one attached hydrogen (secondary N) is 1. The molecule has 0 spiro atoms. The Morgan fingerprint density at radius 3 is 2.59 bits per heavy atom. The molecule has 0 saturated carbocycles. The number of hydrogen-bond donors (Lipinski definition) is 2. The van der Waals surface area contributed by atoms with Crippen LogP contribution in [0.4, 0.5) is 5.69 Å². The third kappa shape index (κ3) is 2.66. The van der Waals surface area contributed by atoms with Gasteiger partial charge in [0.05, 0.1) is 6.20 Å². The van der Waals surface area contributed by atoms with Gasteiger partial charge in [0.25, 0.3) is 0 Å². The SMILES string of the molecule is NN1C=CN(c2ccc(Br)cc2)C=C1NC=O. The number of amides is 1. The van der Waals surface area contributed by atoms with Crippen LogP contribution in [-0.4, -0.2) is 11.4 Å². The van der Waals surface area contributed by atoms with Gasteiger partial charge in [0.1, 0.15) is 5.82 Å². The third-order valence-electron chi connectivity index (χ3n) is 2.26. The van der Waals surface area contributed by atoms with E-state index in [0.717, 1.165) is 10.2 Å². The van der Waals surface area contributed by atoms with Crippen LogP contribution in [0.15, 0.2) is 53.2 Å². The van der Waals surface area contributed by atoms with E-state index >= 15 is 0 Å². The number of anilines is 1. The topological polar surface area (TPSA) is 61.6 Å². The highest BCUT2D eigenvalue weighted by Gasteiger charge is 2.10. The normalized spacial score (nSPS) is 14.6. The van der Waals surface area contributed by atoms with Gasteiger partial charge in [-0.15, -0.1) is 0 Å². The van der Waals surface area contributed by atoms with E-state index in [9.17, 15) is 4.79 Å². The lowest BCUT2D eigenvalue weighted by molar-refractivity contribution is -0.109. The lowest BCUT2D eigenvalue weighted by Crippen LogP contribution is -2.36. The number of benzene rings is 1. The molecule has 0 aliphatic carbocycles. The van der Waals surface area contributed by atoms with Crippen LogP contribution in [0.25, 0.3) is 0 Å². The predicted molar refractivity (Wildman–Crippen MR) is 69.1 cm³/mol. The third-order valence-corrected chi connectivity index (χ3v) is 2.79. The highest BCUT2D eigenvalue weighted by atomic mass is 79.9. The summed E-state index contributed by atoms with van der Waals surface area (Å²) in [6, 6.07) is 7.79. The van der Waals surface area contributed by atoms with Gasteiger partial charge in [-0.1, -0.05) is 15.9 Å². The average Bonchev–Trinajstić information content (AvgIpc) is 2.33. The molecule has 1 heterocycles. The summed E-state index contributed by atoms with van der Waals surface area (Å²) in [4.78, 5) is 12.3. The van der Waals surface area contributed by atoms with E-state index in [-0.39, 0.29) is 0 Å². The van der Waals surface area contributed by atoms with Crippen LogP contribution in [0, 0.1) is 0 Å². The standard InChI is InChI=1S/C11H11BrN4O/c12-9-1-3-10(4-2-9)15-5-6-16(13)11(7-15)14-8-17/h1-8H,13H2,(H,14,17). The van der Waals surface area contributed by atoms with E-state index < -0.39 is 0 Å². The molecule has 0 fully saturated rings.